The number of fused-ring (bicyclic) bond motifs is 1. The number of phenolic OH excluding ortho intramolecular Hbond substituents is 4. The molecule has 0 unspecified atom stereocenters. The van der Waals surface area contributed by atoms with Crippen LogP contribution in [0.1, 0.15) is 13.8 Å². The molecular formula is C33H42O21. The maximum Gasteiger partial charge on any atom is 0.239 e. The van der Waals surface area contributed by atoms with Crippen LogP contribution in [0.4, 0.5) is 0 Å². The van der Waals surface area contributed by atoms with E-state index in [-0.39, 0.29) is 17.4 Å². The van der Waals surface area contributed by atoms with Crippen molar-refractivity contribution in [1.82, 2.24) is 0 Å². The molecule has 300 valence electrons. The average Bonchev–Trinajstić information content (AvgIpc) is 3.13. The topological polar surface area (TPSA) is 367 Å². The Bertz CT molecular complexity index is 1800. The molecule has 0 bridgehead atoms. The first kappa shape index (κ1) is 42.5. The molecule has 0 aliphatic carbocycles. The number of ether oxygens (including phenoxy) is 4. The van der Waals surface area contributed by atoms with Crippen LogP contribution in [0.15, 0.2) is 39.5 Å². The van der Waals surface area contributed by atoms with Gasteiger partial charge in [-0.25, -0.2) is 0 Å². The second-order valence-electron chi connectivity index (χ2n) is 12.6. The summed E-state index contributed by atoms with van der Waals surface area (Å²) in [6.07, 6.45) is -22.0. The van der Waals surface area contributed by atoms with E-state index in [9.17, 15) is 60.7 Å². The highest BCUT2D eigenvalue weighted by Gasteiger charge is 2.48. The molecule has 3 aromatic rings. The Balaban J connectivity index is 0.000000514. The summed E-state index contributed by atoms with van der Waals surface area (Å²) < 4.78 is 27.8. The number of aldehydes is 1. The number of aromatic hydroxyl groups is 4. The van der Waals surface area contributed by atoms with Gasteiger partial charge >= 0.3 is 0 Å². The van der Waals surface area contributed by atoms with Crippen LogP contribution in [0.25, 0.3) is 22.3 Å². The summed E-state index contributed by atoms with van der Waals surface area (Å²) in [4.78, 5) is 23.4. The van der Waals surface area contributed by atoms with Crippen LogP contribution in [-0.4, -0.2) is 170 Å². The van der Waals surface area contributed by atoms with E-state index in [0.29, 0.717) is 0 Å². The molecule has 5 rings (SSSR count). The molecule has 2 aliphatic heterocycles. The zero-order chi connectivity index (χ0) is 40.3. The van der Waals surface area contributed by atoms with Crippen molar-refractivity contribution in [2.24, 2.45) is 0 Å². The van der Waals surface area contributed by atoms with Gasteiger partial charge in [-0.15, -0.1) is 0 Å². The maximum atomic E-state index is 13.6. The van der Waals surface area contributed by atoms with E-state index >= 15 is 0 Å². The highest BCUT2D eigenvalue weighted by Crippen LogP contribution is 2.39. The van der Waals surface area contributed by atoms with E-state index in [1.54, 1.807) is 0 Å². The number of hydrogen-bond donors (Lipinski definition) is 14. The fraction of sp³-hybridized carbons (Fsp3) is 0.515. The SMILES string of the molecule is C[C@@H]1O[C@@H](OC[C@H]2O[C@@H](Oc3c(-c4ccc(O)c(O)c4)oc4cc(O)cc(O)c4c3=O)[C@H](O)[C@@H](O)[C@@H]2O)[C@H](O)[C@H](O)[C@H]1O.C[C@H](O)[C@H](O)[C@@H](O)[C@@H](O)C=O. The molecular weight excluding hydrogens is 732 g/mol. The van der Waals surface area contributed by atoms with Gasteiger partial charge in [0.15, 0.2) is 29.8 Å². The second-order valence-corrected chi connectivity index (χ2v) is 12.6. The number of rotatable bonds is 10. The Hall–Kier alpha value is -4.20. The summed E-state index contributed by atoms with van der Waals surface area (Å²) >= 11 is 0. The predicted molar refractivity (Wildman–Crippen MR) is 176 cm³/mol. The molecule has 0 amide bonds. The van der Waals surface area contributed by atoms with Crippen LogP contribution < -0.4 is 10.2 Å². The van der Waals surface area contributed by atoms with Gasteiger partial charge < -0.3 is 99.7 Å². The number of aliphatic hydroxyl groups is 10. The quantitative estimate of drug-likeness (QED) is 0.0688. The van der Waals surface area contributed by atoms with E-state index < -0.39 is 138 Å². The Morgan fingerprint density at radius 1 is 0.759 bits per heavy atom. The van der Waals surface area contributed by atoms with Gasteiger partial charge in [0, 0.05) is 17.7 Å². The lowest BCUT2D eigenvalue weighted by atomic mass is 9.98. The molecule has 0 saturated carbocycles. The minimum Gasteiger partial charge on any atom is -0.508 e. The van der Waals surface area contributed by atoms with Crippen LogP contribution in [0.3, 0.4) is 0 Å². The number of benzene rings is 2. The van der Waals surface area contributed by atoms with Gasteiger partial charge in [-0.2, -0.15) is 0 Å². The zero-order valence-electron chi connectivity index (χ0n) is 28.4. The van der Waals surface area contributed by atoms with Gasteiger partial charge in [0.05, 0.1) is 18.8 Å². The van der Waals surface area contributed by atoms with Crippen LogP contribution in [0.5, 0.6) is 28.7 Å². The standard InChI is InChI=1S/C27H30O16.C6H12O5/c1-8-17(32)20(35)22(37)26(40-8)39-7-15-18(33)21(36)23(38)27(42-15)43-25-19(34)16-13(31)5-10(28)6-14(16)41-24(25)9-2-3-11(29)12(30)4-9;1-3(8)5(10)6(11)4(9)2-7/h2-6,8,15,17-18,20-23,26-33,35-38H,7H2,1H3;2-6,8-11H,1H3/t8-,15+,17-,18+,20+,21-,22+,23+,26+,27-;3-,4-,5-,6-/m00/s1. The van der Waals surface area contributed by atoms with Gasteiger partial charge in [0.2, 0.25) is 17.5 Å². The molecule has 2 saturated heterocycles. The summed E-state index contributed by atoms with van der Waals surface area (Å²) in [5, 5.41) is 137. The van der Waals surface area contributed by atoms with Gasteiger partial charge in [0.1, 0.15) is 83.5 Å². The van der Waals surface area contributed by atoms with Crippen LogP contribution in [0.2, 0.25) is 0 Å². The maximum absolute atomic E-state index is 13.6. The lowest BCUT2D eigenvalue weighted by Crippen LogP contribution is -2.61. The van der Waals surface area contributed by atoms with Crippen molar-refractivity contribution in [1.29, 1.82) is 0 Å². The number of aliphatic hydroxyl groups excluding tert-OH is 10. The first-order chi connectivity index (χ1) is 25.3. The van der Waals surface area contributed by atoms with E-state index in [2.05, 4.69) is 0 Å². The second kappa shape index (κ2) is 17.5. The summed E-state index contributed by atoms with van der Waals surface area (Å²) in [5.74, 6) is -3.33. The number of carbonyl (C=O) groups excluding carboxylic acids is 1. The first-order valence-corrected chi connectivity index (χ1v) is 16.2. The summed E-state index contributed by atoms with van der Waals surface area (Å²) in [7, 11) is 0. The van der Waals surface area contributed by atoms with Crippen molar-refractivity contribution in [3.63, 3.8) is 0 Å². The number of carbonyl (C=O) groups is 1. The van der Waals surface area contributed by atoms with Crippen molar-refractivity contribution in [2.45, 2.75) is 99.7 Å². The van der Waals surface area contributed by atoms with Crippen molar-refractivity contribution in [3.8, 4) is 40.1 Å². The molecule has 2 aromatic carbocycles. The molecule has 2 fully saturated rings. The van der Waals surface area contributed by atoms with Crippen molar-refractivity contribution in [3.05, 3.63) is 40.6 Å². The Morgan fingerprint density at radius 3 is 2.00 bits per heavy atom. The lowest BCUT2D eigenvalue weighted by Gasteiger charge is -2.42. The third kappa shape index (κ3) is 9.01. The van der Waals surface area contributed by atoms with E-state index in [1.165, 1.54) is 19.9 Å². The third-order valence-corrected chi connectivity index (χ3v) is 8.62. The van der Waals surface area contributed by atoms with E-state index in [4.69, 9.17) is 43.8 Å². The van der Waals surface area contributed by atoms with Crippen molar-refractivity contribution >= 4 is 17.3 Å². The Kier molecular flexibility index (Phi) is 13.8. The molecule has 21 nitrogen and oxygen atoms in total. The predicted octanol–water partition coefficient (Wildman–Crippen LogP) is -4.04. The number of hydrogen-bond acceptors (Lipinski definition) is 21. The smallest absolute Gasteiger partial charge is 0.239 e. The third-order valence-electron chi connectivity index (χ3n) is 8.62. The van der Waals surface area contributed by atoms with Gasteiger partial charge in [-0.05, 0) is 32.0 Å². The Morgan fingerprint density at radius 2 is 1.39 bits per heavy atom. The summed E-state index contributed by atoms with van der Waals surface area (Å²) in [5.41, 5.74) is -1.35. The minimum atomic E-state index is -1.97. The van der Waals surface area contributed by atoms with Gasteiger partial charge in [-0.3, -0.25) is 4.79 Å². The first-order valence-electron chi connectivity index (χ1n) is 16.2. The minimum absolute atomic E-state index is 0.0313. The largest absolute Gasteiger partial charge is 0.508 e. The monoisotopic (exact) mass is 774 g/mol. The summed E-state index contributed by atoms with van der Waals surface area (Å²) in [6.45, 7) is 2.06. The van der Waals surface area contributed by atoms with Gasteiger partial charge in [-0.1, -0.05) is 0 Å². The molecule has 0 radical (unpaired) electrons. The van der Waals surface area contributed by atoms with Crippen molar-refractivity contribution in [2.75, 3.05) is 6.61 Å². The molecule has 3 heterocycles. The highest BCUT2D eigenvalue weighted by atomic mass is 16.7. The van der Waals surface area contributed by atoms with Crippen LogP contribution in [-0.2, 0) is 19.0 Å². The fourth-order valence-corrected chi connectivity index (χ4v) is 5.41. The highest BCUT2D eigenvalue weighted by molar-refractivity contribution is 5.88. The molecule has 14 N–H and O–H groups in total. The fourth-order valence-electron chi connectivity index (χ4n) is 5.41. The van der Waals surface area contributed by atoms with E-state index in [1.807, 2.05) is 0 Å². The van der Waals surface area contributed by atoms with E-state index in [0.717, 1.165) is 24.3 Å². The molecule has 21 heteroatoms. The molecule has 54 heavy (non-hydrogen) atoms. The molecule has 0 spiro atoms. The molecule has 1 aromatic heterocycles. The van der Waals surface area contributed by atoms with Crippen molar-refractivity contribution < 1.29 is 99.7 Å². The number of phenols is 4. The zero-order valence-corrected chi connectivity index (χ0v) is 28.4. The molecule has 14 atom stereocenters. The molecule has 2 aliphatic rings. The summed E-state index contributed by atoms with van der Waals surface area (Å²) in [6, 6.07) is 5.24. The normalized spacial score (nSPS) is 30.7. The average molecular weight is 775 g/mol. The lowest BCUT2D eigenvalue weighted by molar-refractivity contribution is -0.318. The van der Waals surface area contributed by atoms with Gasteiger partial charge in [0.25, 0.3) is 0 Å². The van der Waals surface area contributed by atoms with Crippen LogP contribution in [0, 0.1) is 0 Å². The Labute approximate surface area is 303 Å². The van der Waals surface area contributed by atoms with Crippen LogP contribution >= 0.6 is 0 Å².